The summed E-state index contributed by atoms with van der Waals surface area (Å²) in [5.74, 6) is 0.640. The van der Waals surface area contributed by atoms with Gasteiger partial charge in [0.2, 0.25) is 0 Å². The smallest absolute Gasteiger partial charge is 0.337 e. The summed E-state index contributed by atoms with van der Waals surface area (Å²) in [5.41, 5.74) is 6.66. The number of carbonyl (C=O) groups is 2. The van der Waals surface area contributed by atoms with Crippen molar-refractivity contribution in [3.8, 4) is 11.5 Å². The Balaban J connectivity index is 1.30. The number of hydrogen-bond donors (Lipinski definition) is 2. The number of aryl methyl sites for hydroxylation is 1. The van der Waals surface area contributed by atoms with E-state index in [9.17, 15) is 9.59 Å². The lowest BCUT2D eigenvalue weighted by Crippen LogP contribution is -2.17. The van der Waals surface area contributed by atoms with Crippen LogP contribution in [-0.4, -0.2) is 24.0 Å². The SMILES string of the molecule is COC(=O)c1cccc(Oc2ccc(N/C=C3\C(=O)NC4=C3c3scnc3CC4)cc2)c1. The topological polar surface area (TPSA) is 89.5 Å². The molecule has 2 heterocycles. The van der Waals surface area contributed by atoms with Crippen molar-refractivity contribution in [2.24, 2.45) is 0 Å². The summed E-state index contributed by atoms with van der Waals surface area (Å²) in [6, 6.07) is 14.1. The Morgan fingerprint density at radius 3 is 2.81 bits per heavy atom. The summed E-state index contributed by atoms with van der Waals surface area (Å²) >= 11 is 1.56. The third kappa shape index (κ3) is 3.76. The van der Waals surface area contributed by atoms with Crippen LogP contribution in [0.15, 0.2) is 71.5 Å². The highest BCUT2D eigenvalue weighted by Gasteiger charge is 2.33. The molecule has 2 aromatic carbocycles. The van der Waals surface area contributed by atoms with Crippen LogP contribution in [0.5, 0.6) is 11.5 Å². The first-order valence-electron chi connectivity index (χ1n) is 10.0. The molecule has 160 valence electrons. The van der Waals surface area contributed by atoms with E-state index in [2.05, 4.69) is 15.6 Å². The van der Waals surface area contributed by atoms with Crippen molar-refractivity contribution in [1.82, 2.24) is 10.3 Å². The third-order valence-corrected chi connectivity index (χ3v) is 6.17. The van der Waals surface area contributed by atoms with Gasteiger partial charge in [0.05, 0.1) is 34.3 Å². The summed E-state index contributed by atoms with van der Waals surface area (Å²) < 4.78 is 10.6. The number of hydrogen-bond acceptors (Lipinski definition) is 7. The Morgan fingerprint density at radius 1 is 1.16 bits per heavy atom. The Hall–Kier alpha value is -3.91. The van der Waals surface area contributed by atoms with E-state index in [1.807, 2.05) is 29.8 Å². The van der Waals surface area contributed by atoms with Crippen LogP contribution in [-0.2, 0) is 16.0 Å². The summed E-state index contributed by atoms with van der Waals surface area (Å²) in [6.45, 7) is 0. The molecule has 1 aliphatic heterocycles. The lowest BCUT2D eigenvalue weighted by molar-refractivity contribution is -0.116. The summed E-state index contributed by atoms with van der Waals surface area (Å²) in [5, 5.41) is 6.19. The maximum absolute atomic E-state index is 12.5. The zero-order valence-electron chi connectivity index (χ0n) is 17.2. The molecule has 0 fully saturated rings. The van der Waals surface area contributed by atoms with E-state index < -0.39 is 5.97 Å². The maximum atomic E-state index is 12.5. The molecule has 0 radical (unpaired) electrons. The number of fused-ring (bicyclic) bond motifs is 2. The zero-order chi connectivity index (χ0) is 22.1. The Bertz CT molecular complexity index is 1270. The molecular formula is C24H19N3O4S. The molecule has 3 aromatic rings. The predicted octanol–water partition coefficient (Wildman–Crippen LogP) is 4.51. The van der Waals surface area contributed by atoms with Gasteiger partial charge >= 0.3 is 5.97 Å². The molecule has 32 heavy (non-hydrogen) atoms. The molecule has 2 N–H and O–H groups in total. The van der Waals surface area contributed by atoms with Gasteiger partial charge in [-0.3, -0.25) is 4.79 Å². The Morgan fingerprint density at radius 2 is 2.00 bits per heavy atom. The van der Waals surface area contributed by atoms with E-state index in [1.54, 1.807) is 41.8 Å². The number of ether oxygens (including phenoxy) is 2. The minimum absolute atomic E-state index is 0.103. The highest BCUT2D eigenvalue weighted by Crippen LogP contribution is 2.40. The van der Waals surface area contributed by atoms with Gasteiger partial charge in [0.25, 0.3) is 5.91 Å². The summed E-state index contributed by atoms with van der Waals surface area (Å²) in [7, 11) is 1.34. The molecule has 1 aliphatic carbocycles. The number of rotatable bonds is 5. The van der Waals surface area contributed by atoms with Crippen molar-refractivity contribution in [3.05, 3.63) is 87.6 Å². The van der Waals surface area contributed by atoms with Crippen molar-refractivity contribution in [1.29, 1.82) is 0 Å². The number of allylic oxidation sites excluding steroid dienone is 1. The van der Waals surface area contributed by atoms with Gasteiger partial charge in [0, 0.05) is 23.2 Å². The number of amides is 1. The number of anilines is 1. The van der Waals surface area contributed by atoms with Crippen LogP contribution < -0.4 is 15.4 Å². The normalized spacial score (nSPS) is 15.8. The first kappa shape index (κ1) is 20.0. The predicted molar refractivity (Wildman–Crippen MR) is 122 cm³/mol. The number of thiazole rings is 1. The van der Waals surface area contributed by atoms with E-state index in [0.717, 1.165) is 40.4 Å². The zero-order valence-corrected chi connectivity index (χ0v) is 18.0. The van der Waals surface area contributed by atoms with Crippen LogP contribution in [0.4, 0.5) is 5.69 Å². The van der Waals surface area contributed by atoms with Crippen molar-refractivity contribution < 1.29 is 19.1 Å². The van der Waals surface area contributed by atoms with Crippen LogP contribution in [0.25, 0.3) is 5.57 Å². The molecule has 0 saturated carbocycles. The van der Waals surface area contributed by atoms with Crippen molar-refractivity contribution >= 4 is 34.5 Å². The van der Waals surface area contributed by atoms with E-state index in [4.69, 9.17) is 9.47 Å². The van der Waals surface area contributed by atoms with Crippen molar-refractivity contribution in [2.45, 2.75) is 12.8 Å². The van der Waals surface area contributed by atoms with Gasteiger partial charge in [-0.1, -0.05) is 6.07 Å². The third-order valence-electron chi connectivity index (χ3n) is 5.29. The number of carbonyl (C=O) groups excluding carboxylic acids is 2. The average Bonchev–Trinajstić information content (AvgIpc) is 3.41. The number of nitrogens with one attached hydrogen (secondary N) is 2. The van der Waals surface area contributed by atoms with Gasteiger partial charge in [-0.25, -0.2) is 9.78 Å². The summed E-state index contributed by atoms with van der Waals surface area (Å²) in [4.78, 5) is 29.7. The highest BCUT2D eigenvalue weighted by atomic mass is 32.1. The largest absolute Gasteiger partial charge is 0.465 e. The molecule has 0 spiro atoms. The summed E-state index contributed by atoms with van der Waals surface area (Å²) in [6.07, 6.45) is 3.38. The number of nitrogens with zero attached hydrogens (tertiary/aromatic N) is 1. The van der Waals surface area contributed by atoms with Crippen molar-refractivity contribution in [3.63, 3.8) is 0 Å². The van der Waals surface area contributed by atoms with Crippen LogP contribution in [0.3, 0.4) is 0 Å². The average molecular weight is 446 g/mol. The second-order valence-corrected chi connectivity index (χ2v) is 8.14. The van der Waals surface area contributed by atoms with Crippen LogP contribution in [0.2, 0.25) is 0 Å². The van der Waals surface area contributed by atoms with E-state index in [0.29, 0.717) is 22.6 Å². The van der Waals surface area contributed by atoms with Crippen molar-refractivity contribution in [2.75, 3.05) is 12.4 Å². The highest BCUT2D eigenvalue weighted by molar-refractivity contribution is 7.11. The fourth-order valence-corrected chi connectivity index (χ4v) is 4.66. The van der Waals surface area contributed by atoms with Gasteiger partial charge in [-0.05, 0) is 55.3 Å². The Labute approximate surface area is 188 Å². The molecule has 0 bridgehead atoms. The molecule has 0 saturated heterocycles. The molecule has 5 rings (SSSR count). The molecular weight excluding hydrogens is 426 g/mol. The molecule has 8 heteroatoms. The fraction of sp³-hybridized carbons (Fsp3) is 0.125. The molecule has 2 aliphatic rings. The Kier molecular flexibility index (Phi) is 5.20. The van der Waals surface area contributed by atoms with Crippen LogP contribution in [0.1, 0.15) is 27.3 Å². The minimum Gasteiger partial charge on any atom is -0.465 e. The lowest BCUT2D eigenvalue weighted by atomic mass is 9.96. The van der Waals surface area contributed by atoms with Crippen LogP contribution >= 0.6 is 11.3 Å². The first-order valence-corrected chi connectivity index (χ1v) is 10.9. The maximum Gasteiger partial charge on any atom is 0.337 e. The number of benzene rings is 2. The van der Waals surface area contributed by atoms with Crippen LogP contribution in [0, 0.1) is 0 Å². The van der Waals surface area contributed by atoms with Gasteiger partial charge in [0.15, 0.2) is 0 Å². The quantitative estimate of drug-likeness (QED) is 0.444. The molecule has 1 amide bonds. The van der Waals surface area contributed by atoms with E-state index >= 15 is 0 Å². The second-order valence-electron chi connectivity index (χ2n) is 7.28. The van der Waals surface area contributed by atoms with E-state index in [-0.39, 0.29) is 5.91 Å². The van der Waals surface area contributed by atoms with Gasteiger partial charge in [-0.2, -0.15) is 0 Å². The standard InChI is InChI=1S/C24H19N3O4S/c1-30-24(29)14-3-2-4-17(11-14)31-16-7-5-15(6-8-16)25-12-18-21-19(27-23(18)28)9-10-20-22(21)32-13-26-20/h2-8,11-13,25H,9-10H2,1H3,(H,27,28)/b18-12-. The molecule has 0 atom stereocenters. The molecule has 1 aromatic heterocycles. The monoisotopic (exact) mass is 445 g/mol. The molecule has 0 unspecified atom stereocenters. The van der Waals surface area contributed by atoms with E-state index in [1.165, 1.54) is 7.11 Å². The number of aromatic nitrogens is 1. The number of methoxy groups -OCH3 is 1. The fourth-order valence-electron chi connectivity index (χ4n) is 3.74. The minimum atomic E-state index is -0.416. The number of esters is 1. The molecule has 7 nitrogen and oxygen atoms in total. The van der Waals surface area contributed by atoms with Gasteiger partial charge in [0.1, 0.15) is 11.5 Å². The van der Waals surface area contributed by atoms with Gasteiger partial charge < -0.3 is 20.1 Å². The lowest BCUT2D eigenvalue weighted by Gasteiger charge is -2.13. The second kappa shape index (κ2) is 8.32. The first-order chi connectivity index (χ1) is 15.6. The van der Waals surface area contributed by atoms with Gasteiger partial charge in [-0.15, -0.1) is 11.3 Å².